The van der Waals surface area contributed by atoms with Gasteiger partial charge in [0.05, 0.1) is 29.4 Å². The number of alkyl halides is 3. The Kier molecular flexibility index (Phi) is 8.36. The van der Waals surface area contributed by atoms with E-state index in [9.17, 15) is 32.7 Å². The van der Waals surface area contributed by atoms with Gasteiger partial charge in [-0.15, -0.1) is 0 Å². The fourth-order valence-corrected chi connectivity index (χ4v) is 4.24. The molecule has 9 nitrogen and oxygen atoms in total. The third-order valence-corrected chi connectivity index (χ3v) is 6.32. The molecule has 2 heterocycles. The number of imidazole rings is 1. The van der Waals surface area contributed by atoms with Crippen LogP contribution in [0.15, 0.2) is 85.3 Å². The number of nitrogens with zero attached hydrogens (tertiary/aromatic N) is 3. The van der Waals surface area contributed by atoms with Crippen molar-refractivity contribution in [3.8, 4) is 11.4 Å². The number of aryl methyl sites for hydroxylation is 1. The van der Waals surface area contributed by atoms with Gasteiger partial charge in [-0.05, 0) is 47.0 Å². The first-order chi connectivity index (χ1) is 19.9. The van der Waals surface area contributed by atoms with Gasteiger partial charge in [-0.25, -0.2) is 19.4 Å². The molecule has 2 aromatic heterocycles. The number of fused-ring (bicyclic) bond motifs is 1. The van der Waals surface area contributed by atoms with E-state index in [0.717, 1.165) is 40.9 Å². The van der Waals surface area contributed by atoms with Gasteiger partial charge in [-0.1, -0.05) is 48.5 Å². The molecule has 0 fully saturated rings. The molecule has 0 amide bonds. The quantitative estimate of drug-likeness (QED) is 0.215. The lowest BCUT2D eigenvalue weighted by molar-refractivity contribution is -0.137. The molecule has 0 saturated heterocycles. The van der Waals surface area contributed by atoms with Crippen LogP contribution < -0.4 is 0 Å². The van der Waals surface area contributed by atoms with Crippen molar-refractivity contribution < 1.29 is 42.9 Å². The zero-order valence-electron chi connectivity index (χ0n) is 21.8. The summed E-state index contributed by atoms with van der Waals surface area (Å²) in [7, 11) is 0. The Labute approximate surface area is 236 Å². The second-order valence-corrected chi connectivity index (χ2v) is 9.10. The number of benzene rings is 3. The molecule has 0 unspecified atom stereocenters. The maximum atomic E-state index is 13.1. The van der Waals surface area contributed by atoms with Crippen molar-refractivity contribution in [3.05, 3.63) is 119 Å². The van der Waals surface area contributed by atoms with E-state index < -0.39 is 29.6 Å². The van der Waals surface area contributed by atoms with E-state index in [4.69, 9.17) is 10.2 Å². The summed E-state index contributed by atoms with van der Waals surface area (Å²) >= 11 is 0. The molecule has 0 radical (unpaired) electrons. The number of pyridine rings is 1. The number of hydrogen-bond acceptors (Lipinski definition) is 5. The van der Waals surface area contributed by atoms with Crippen LogP contribution in [-0.2, 0) is 12.7 Å². The largest absolute Gasteiger partial charge is 0.478 e. The van der Waals surface area contributed by atoms with Crippen LogP contribution in [0.1, 0.15) is 47.9 Å². The summed E-state index contributed by atoms with van der Waals surface area (Å²) in [4.78, 5) is 40.5. The molecular weight excluding hydrogens is 555 g/mol. The van der Waals surface area contributed by atoms with Crippen LogP contribution in [0.4, 0.5) is 13.2 Å². The molecule has 5 aromatic rings. The van der Waals surface area contributed by atoms with E-state index in [1.165, 1.54) is 22.9 Å². The highest BCUT2D eigenvalue weighted by atomic mass is 19.4. The summed E-state index contributed by atoms with van der Waals surface area (Å²) in [6.45, 7) is 1.75. The van der Waals surface area contributed by atoms with Crippen LogP contribution in [-0.4, -0.2) is 47.8 Å². The molecule has 0 bridgehead atoms. The third kappa shape index (κ3) is 6.44. The van der Waals surface area contributed by atoms with E-state index in [0.29, 0.717) is 5.56 Å². The lowest BCUT2D eigenvalue weighted by Gasteiger charge is -2.13. The topological polar surface area (TPSA) is 143 Å². The monoisotopic (exact) mass is 577 g/mol. The maximum Gasteiger partial charge on any atom is 0.417 e. The molecule has 0 atom stereocenters. The molecule has 42 heavy (non-hydrogen) atoms. The van der Waals surface area contributed by atoms with Crippen molar-refractivity contribution in [2.24, 2.45) is 0 Å². The Morgan fingerprint density at radius 2 is 1.55 bits per heavy atom. The SMILES string of the molecule is Cc1ccc(C(=O)O)cc1C(=O)O.O=C(O)c1cnc(-c2cncc(C(F)(F)F)c2)n1Cc1cccc2ccccc12. The van der Waals surface area contributed by atoms with Gasteiger partial charge in [0.2, 0.25) is 0 Å². The molecule has 12 heteroatoms. The van der Waals surface area contributed by atoms with Crippen LogP contribution in [0.3, 0.4) is 0 Å². The van der Waals surface area contributed by atoms with E-state index >= 15 is 0 Å². The van der Waals surface area contributed by atoms with Crippen molar-refractivity contribution in [3.63, 3.8) is 0 Å². The first-order valence-electron chi connectivity index (χ1n) is 12.2. The van der Waals surface area contributed by atoms with Crippen molar-refractivity contribution in [1.82, 2.24) is 14.5 Å². The Balaban J connectivity index is 0.000000262. The van der Waals surface area contributed by atoms with Crippen LogP contribution in [0.5, 0.6) is 0 Å². The van der Waals surface area contributed by atoms with Gasteiger partial charge in [0, 0.05) is 18.0 Å². The second kappa shape index (κ2) is 11.9. The maximum absolute atomic E-state index is 13.1. The summed E-state index contributed by atoms with van der Waals surface area (Å²) in [6.07, 6.45) is -1.46. The van der Waals surface area contributed by atoms with Gasteiger partial charge in [-0.3, -0.25) is 4.98 Å². The molecule has 0 aliphatic carbocycles. The minimum atomic E-state index is -4.56. The van der Waals surface area contributed by atoms with Crippen LogP contribution in [0, 0.1) is 6.92 Å². The van der Waals surface area contributed by atoms with E-state index in [1.54, 1.807) is 6.92 Å². The predicted molar refractivity (Wildman–Crippen MR) is 146 cm³/mol. The highest BCUT2D eigenvalue weighted by Crippen LogP contribution is 2.32. The number of halogens is 3. The van der Waals surface area contributed by atoms with E-state index in [-0.39, 0.29) is 34.8 Å². The van der Waals surface area contributed by atoms with E-state index in [1.807, 2.05) is 42.5 Å². The number of carbonyl (C=O) groups is 3. The average Bonchev–Trinajstić information content (AvgIpc) is 3.37. The fourth-order valence-electron chi connectivity index (χ4n) is 4.24. The lowest BCUT2D eigenvalue weighted by Crippen LogP contribution is -2.12. The number of carboxylic acid groups (broad SMARTS) is 3. The summed E-state index contributed by atoms with van der Waals surface area (Å²) in [5.41, 5.74) is 0.440. The van der Waals surface area contributed by atoms with Crippen LogP contribution >= 0.6 is 0 Å². The molecule has 0 saturated carbocycles. The number of aromatic nitrogens is 3. The number of rotatable bonds is 6. The Morgan fingerprint density at radius 1 is 0.833 bits per heavy atom. The van der Waals surface area contributed by atoms with Crippen molar-refractivity contribution in [2.45, 2.75) is 19.6 Å². The highest BCUT2D eigenvalue weighted by molar-refractivity contribution is 5.94. The van der Waals surface area contributed by atoms with Crippen LogP contribution in [0.25, 0.3) is 22.2 Å². The summed E-state index contributed by atoms with van der Waals surface area (Å²) in [6, 6.07) is 18.2. The molecule has 0 spiro atoms. The standard InChI is InChI=1S/C21H14F3N3O2.C9H8O4/c22-21(23,24)16-8-15(9-25-10-16)19-26-11-18(20(28)29)27(19)12-14-6-3-5-13-4-1-2-7-17(13)14;1-5-2-3-6(8(10)11)4-7(5)9(12)13/h1-11H,12H2,(H,28,29);2-4H,1H3,(H,10,11)(H,12,13). The van der Waals surface area contributed by atoms with Crippen molar-refractivity contribution >= 4 is 28.7 Å². The Hall–Kier alpha value is -5.52. The molecule has 214 valence electrons. The van der Waals surface area contributed by atoms with Gasteiger partial charge in [0.1, 0.15) is 11.5 Å². The minimum absolute atomic E-state index is 0.0111. The zero-order chi connectivity index (χ0) is 30.6. The number of aromatic carboxylic acids is 3. The number of carboxylic acids is 3. The zero-order valence-corrected chi connectivity index (χ0v) is 21.8. The predicted octanol–water partition coefficient (Wildman–Crippen LogP) is 6.26. The molecule has 3 N–H and O–H groups in total. The first kappa shape index (κ1) is 29.5. The summed E-state index contributed by atoms with van der Waals surface area (Å²) < 4.78 is 40.6. The van der Waals surface area contributed by atoms with Gasteiger partial charge in [0.15, 0.2) is 0 Å². The molecule has 3 aromatic carbocycles. The number of hydrogen-bond donors (Lipinski definition) is 3. The molecule has 0 aliphatic rings. The van der Waals surface area contributed by atoms with Gasteiger partial charge >= 0.3 is 24.1 Å². The van der Waals surface area contributed by atoms with Crippen molar-refractivity contribution in [2.75, 3.05) is 0 Å². The van der Waals surface area contributed by atoms with Gasteiger partial charge in [-0.2, -0.15) is 13.2 Å². The average molecular weight is 578 g/mol. The Bertz CT molecular complexity index is 1810. The summed E-state index contributed by atoms with van der Waals surface area (Å²) in [5.74, 6) is -3.35. The van der Waals surface area contributed by atoms with Crippen LogP contribution in [0.2, 0.25) is 0 Å². The summed E-state index contributed by atoms with van der Waals surface area (Å²) in [5, 5.41) is 28.7. The minimum Gasteiger partial charge on any atom is -0.478 e. The highest BCUT2D eigenvalue weighted by Gasteiger charge is 2.31. The van der Waals surface area contributed by atoms with E-state index in [2.05, 4.69) is 9.97 Å². The fraction of sp³-hybridized carbons (Fsp3) is 0.100. The normalized spacial score (nSPS) is 11.0. The van der Waals surface area contributed by atoms with Gasteiger partial charge in [0.25, 0.3) is 0 Å². The Morgan fingerprint density at radius 3 is 2.21 bits per heavy atom. The molecule has 0 aliphatic heterocycles. The van der Waals surface area contributed by atoms with Gasteiger partial charge < -0.3 is 19.9 Å². The van der Waals surface area contributed by atoms with Crippen molar-refractivity contribution in [1.29, 1.82) is 0 Å². The molecule has 5 rings (SSSR count). The first-order valence-corrected chi connectivity index (χ1v) is 12.2. The third-order valence-electron chi connectivity index (χ3n) is 6.32. The smallest absolute Gasteiger partial charge is 0.417 e. The second-order valence-electron chi connectivity index (χ2n) is 9.10. The lowest BCUT2D eigenvalue weighted by atomic mass is 10.0. The molecular formula is C30H22F3N3O6.